The van der Waals surface area contributed by atoms with E-state index in [1.165, 1.54) is 11.3 Å². The summed E-state index contributed by atoms with van der Waals surface area (Å²) >= 11 is 1.45. The Labute approximate surface area is 147 Å². The van der Waals surface area contributed by atoms with E-state index in [9.17, 15) is 4.79 Å². The van der Waals surface area contributed by atoms with Crippen LogP contribution in [0.25, 0.3) is 10.2 Å². The predicted molar refractivity (Wildman–Crippen MR) is 94.5 cm³/mol. The number of aryl methyl sites for hydroxylation is 1. The average molecular weight is 356 g/mol. The number of para-hydroxylation sites is 1. The third-order valence-electron chi connectivity index (χ3n) is 4.03. The first-order chi connectivity index (χ1) is 12.2. The molecule has 3 aromatic rings. The Morgan fingerprint density at radius 3 is 2.80 bits per heavy atom. The van der Waals surface area contributed by atoms with E-state index in [1.807, 2.05) is 29.7 Å². The number of aromatic nitrogens is 1. The first-order valence-corrected chi connectivity index (χ1v) is 8.68. The molecule has 0 unspecified atom stereocenters. The van der Waals surface area contributed by atoms with Crippen molar-refractivity contribution >= 4 is 27.5 Å². The van der Waals surface area contributed by atoms with Crippen molar-refractivity contribution in [1.82, 2.24) is 4.57 Å². The summed E-state index contributed by atoms with van der Waals surface area (Å²) in [7, 11) is 1.54. The van der Waals surface area contributed by atoms with Gasteiger partial charge in [0, 0.05) is 18.7 Å². The lowest BCUT2D eigenvalue weighted by molar-refractivity contribution is 0.0995. The fourth-order valence-electron chi connectivity index (χ4n) is 2.82. The Hall–Kier alpha value is -2.80. The lowest BCUT2D eigenvalue weighted by Gasteiger charge is -2.04. The monoisotopic (exact) mass is 356 g/mol. The van der Waals surface area contributed by atoms with Gasteiger partial charge in [-0.25, -0.2) is 0 Å². The Kier molecular flexibility index (Phi) is 3.93. The van der Waals surface area contributed by atoms with E-state index in [-0.39, 0.29) is 12.7 Å². The number of hydrogen-bond donors (Lipinski definition) is 0. The molecule has 25 heavy (non-hydrogen) atoms. The second-order valence-electron chi connectivity index (χ2n) is 5.42. The van der Waals surface area contributed by atoms with Crippen LogP contribution >= 0.6 is 11.3 Å². The Morgan fingerprint density at radius 2 is 2.04 bits per heavy atom. The van der Waals surface area contributed by atoms with Gasteiger partial charge in [-0.1, -0.05) is 23.5 Å². The standard InChI is InChI=1S/C18H16N2O4S/c1-3-20-12-8-14-15(24-10-23-14)9-16(12)25-18(20)19-17(21)11-6-4-5-7-13(11)22-2/h4-9H,3,10H2,1-2H3. The van der Waals surface area contributed by atoms with E-state index in [1.54, 1.807) is 25.3 Å². The van der Waals surface area contributed by atoms with Crippen molar-refractivity contribution in [2.24, 2.45) is 4.99 Å². The van der Waals surface area contributed by atoms with Gasteiger partial charge in [-0.3, -0.25) is 4.79 Å². The molecule has 7 heteroatoms. The van der Waals surface area contributed by atoms with Crippen LogP contribution in [-0.4, -0.2) is 24.4 Å². The van der Waals surface area contributed by atoms with Gasteiger partial charge >= 0.3 is 0 Å². The number of ether oxygens (including phenoxy) is 3. The van der Waals surface area contributed by atoms with Crippen molar-refractivity contribution in [1.29, 1.82) is 0 Å². The third-order valence-corrected chi connectivity index (χ3v) is 5.07. The van der Waals surface area contributed by atoms with E-state index in [0.717, 1.165) is 21.7 Å². The van der Waals surface area contributed by atoms with Crippen LogP contribution in [0.1, 0.15) is 17.3 Å². The molecule has 1 aliphatic heterocycles. The highest BCUT2D eigenvalue weighted by atomic mass is 32.1. The Bertz CT molecular complexity index is 1040. The van der Waals surface area contributed by atoms with Crippen molar-refractivity contribution in [2.75, 3.05) is 13.9 Å². The van der Waals surface area contributed by atoms with Crippen LogP contribution in [-0.2, 0) is 6.54 Å². The fourth-order valence-corrected chi connectivity index (χ4v) is 3.92. The molecule has 0 bridgehead atoms. The molecule has 0 spiro atoms. The maximum Gasteiger partial charge on any atom is 0.283 e. The van der Waals surface area contributed by atoms with E-state index in [0.29, 0.717) is 22.7 Å². The van der Waals surface area contributed by atoms with Gasteiger partial charge in [0.25, 0.3) is 5.91 Å². The molecule has 128 valence electrons. The van der Waals surface area contributed by atoms with E-state index in [4.69, 9.17) is 14.2 Å². The maximum atomic E-state index is 12.6. The summed E-state index contributed by atoms with van der Waals surface area (Å²) in [5, 5.41) is 0. The summed E-state index contributed by atoms with van der Waals surface area (Å²) in [6.45, 7) is 2.95. The lowest BCUT2D eigenvalue weighted by Crippen LogP contribution is -2.16. The highest BCUT2D eigenvalue weighted by Gasteiger charge is 2.18. The van der Waals surface area contributed by atoms with Crippen molar-refractivity contribution in [2.45, 2.75) is 13.5 Å². The zero-order valence-electron chi connectivity index (χ0n) is 13.8. The number of amides is 1. The molecular formula is C18H16N2O4S. The smallest absolute Gasteiger partial charge is 0.283 e. The average Bonchev–Trinajstić information content (AvgIpc) is 3.22. The Balaban J connectivity index is 1.85. The molecule has 0 N–H and O–H groups in total. The first kappa shape index (κ1) is 15.7. The molecule has 1 aromatic heterocycles. The maximum absolute atomic E-state index is 12.6. The molecule has 2 aromatic carbocycles. The number of rotatable bonds is 3. The van der Waals surface area contributed by atoms with Gasteiger partial charge < -0.3 is 18.8 Å². The van der Waals surface area contributed by atoms with Crippen LogP contribution in [0.4, 0.5) is 0 Å². The van der Waals surface area contributed by atoms with Crippen LogP contribution in [0.5, 0.6) is 17.2 Å². The quantitative estimate of drug-likeness (QED) is 0.723. The van der Waals surface area contributed by atoms with E-state index >= 15 is 0 Å². The van der Waals surface area contributed by atoms with Crippen molar-refractivity contribution < 1.29 is 19.0 Å². The molecule has 1 aliphatic rings. The zero-order chi connectivity index (χ0) is 17.4. The van der Waals surface area contributed by atoms with E-state index in [2.05, 4.69) is 4.99 Å². The Morgan fingerprint density at radius 1 is 1.28 bits per heavy atom. The number of thiazole rings is 1. The minimum absolute atomic E-state index is 0.238. The second kappa shape index (κ2) is 6.25. The number of hydrogen-bond acceptors (Lipinski definition) is 5. The number of methoxy groups -OCH3 is 1. The van der Waals surface area contributed by atoms with Crippen molar-refractivity contribution in [3.05, 3.63) is 46.8 Å². The van der Waals surface area contributed by atoms with Gasteiger partial charge in [0.1, 0.15) is 5.75 Å². The summed E-state index contributed by atoms with van der Waals surface area (Å²) in [5.41, 5.74) is 1.42. The number of nitrogens with zero attached hydrogens (tertiary/aromatic N) is 2. The fraction of sp³-hybridized carbons (Fsp3) is 0.222. The van der Waals surface area contributed by atoms with Gasteiger partial charge in [-0.05, 0) is 19.1 Å². The molecule has 0 aliphatic carbocycles. The molecule has 0 radical (unpaired) electrons. The van der Waals surface area contributed by atoms with Crippen LogP contribution in [0.3, 0.4) is 0 Å². The number of fused-ring (bicyclic) bond motifs is 2. The van der Waals surface area contributed by atoms with Crippen LogP contribution in [0.15, 0.2) is 41.4 Å². The summed E-state index contributed by atoms with van der Waals surface area (Å²) in [5.74, 6) is 1.63. The summed E-state index contributed by atoms with van der Waals surface area (Å²) in [6, 6.07) is 10.9. The molecule has 1 amide bonds. The van der Waals surface area contributed by atoms with Gasteiger partial charge in [-0.15, -0.1) is 0 Å². The van der Waals surface area contributed by atoms with Crippen molar-refractivity contribution in [3.63, 3.8) is 0 Å². The summed E-state index contributed by atoms with van der Waals surface area (Å²) in [4.78, 5) is 17.6. The molecule has 6 nitrogen and oxygen atoms in total. The van der Waals surface area contributed by atoms with Gasteiger partial charge in [0.05, 0.1) is 22.9 Å². The second-order valence-corrected chi connectivity index (χ2v) is 6.43. The topological polar surface area (TPSA) is 62.1 Å². The summed E-state index contributed by atoms with van der Waals surface area (Å²) in [6.07, 6.45) is 0. The molecule has 4 rings (SSSR count). The lowest BCUT2D eigenvalue weighted by atomic mass is 10.2. The first-order valence-electron chi connectivity index (χ1n) is 7.86. The third kappa shape index (κ3) is 2.66. The summed E-state index contributed by atoms with van der Waals surface area (Å²) < 4.78 is 19.1. The SMILES string of the molecule is CCn1c(=NC(=O)c2ccccc2OC)sc2cc3c(cc21)OCO3. The number of carbonyl (C=O) groups is 1. The number of carbonyl (C=O) groups excluding carboxylic acids is 1. The number of benzene rings is 2. The highest BCUT2D eigenvalue weighted by Crippen LogP contribution is 2.37. The molecule has 0 saturated heterocycles. The molecule has 0 fully saturated rings. The molecule has 0 saturated carbocycles. The van der Waals surface area contributed by atoms with Crippen molar-refractivity contribution in [3.8, 4) is 17.2 Å². The predicted octanol–water partition coefficient (Wildman–Crippen LogP) is 3.20. The van der Waals surface area contributed by atoms with Crippen LogP contribution in [0.2, 0.25) is 0 Å². The largest absolute Gasteiger partial charge is 0.496 e. The van der Waals surface area contributed by atoms with Crippen LogP contribution < -0.4 is 19.0 Å². The molecule has 0 atom stereocenters. The minimum Gasteiger partial charge on any atom is -0.496 e. The van der Waals surface area contributed by atoms with Crippen LogP contribution in [0, 0.1) is 0 Å². The van der Waals surface area contributed by atoms with Gasteiger partial charge in [0.2, 0.25) is 6.79 Å². The molecular weight excluding hydrogens is 340 g/mol. The van der Waals surface area contributed by atoms with Gasteiger partial charge in [0.15, 0.2) is 16.3 Å². The molecule has 2 heterocycles. The highest BCUT2D eigenvalue weighted by molar-refractivity contribution is 7.16. The van der Waals surface area contributed by atoms with Gasteiger partial charge in [-0.2, -0.15) is 4.99 Å². The minimum atomic E-state index is -0.328. The van der Waals surface area contributed by atoms with E-state index < -0.39 is 0 Å². The normalized spacial score (nSPS) is 13.4. The zero-order valence-corrected chi connectivity index (χ0v) is 14.6.